The van der Waals surface area contributed by atoms with E-state index in [0.29, 0.717) is 13.1 Å². The van der Waals surface area contributed by atoms with Crippen LogP contribution in [0.2, 0.25) is 0 Å². The van der Waals surface area contributed by atoms with Crippen molar-refractivity contribution in [1.82, 2.24) is 15.5 Å². The van der Waals surface area contributed by atoms with Crippen molar-refractivity contribution in [3.63, 3.8) is 0 Å². The second-order valence-electron chi connectivity index (χ2n) is 9.62. The summed E-state index contributed by atoms with van der Waals surface area (Å²) >= 11 is 0. The van der Waals surface area contributed by atoms with Gasteiger partial charge in [-0.25, -0.2) is 0 Å². The molecule has 0 radical (unpaired) electrons. The third-order valence-corrected chi connectivity index (χ3v) is 6.56. The Kier molecular flexibility index (Phi) is 20.5. The van der Waals surface area contributed by atoms with Crippen LogP contribution < -0.4 is 10.6 Å². The first kappa shape index (κ1) is 29.9. The molecular weight excluding hydrogens is 414 g/mol. The summed E-state index contributed by atoms with van der Waals surface area (Å²) in [7, 11) is 0. The second kappa shape index (κ2) is 22.6. The van der Waals surface area contributed by atoms with Gasteiger partial charge in [-0.3, -0.25) is 14.5 Å². The minimum atomic E-state index is -0.506. The van der Waals surface area contributed by atoms with Crippen molar-refractivity contribution in [3.05, 3.63) is 0 Å². The van der Waals surface area contributed by atoms with Crippen molar-refractivity contribution in [1.29, 1.82) is 0 Å². The molecule has 1 rings (SSSR count). The van der Waals surface area contributed by atoms with E-state index in [9.17, 15) is 9.59 Å². The normalized spacial score (nSPS) is 14.3. The van der Waals surface area contributed by atoms with Crippen LogP contribution in [-0.4, -0.2) is 62.7 Å². The molecule has 0 bridgehead atoms. The van der Waals surface area contributed by atoms with Crippen LogP contribution >= 0.6 is 0 Å². The Morgan fingerprint density at radius 3 is 1.45 bits per heavy atom. The molecule has 194 valence electrons. The fourth-order valence-electron chi connectivity index (χ4n) is 4.36. The summed E-state index contributed by atoms with van der Waals surface area (Å²) in [6.45, 7) is 7.83. The van der Waals surface area contributed by atoms with Gasteiger partial charge in [-0.1, -0.05) is 103 Å². The zero-order valence-electron chi connectivity index (χ0n) is 21.6. The molecule has 6 heteroatoms. The average molecular weight is 468 g/mol. The maximum atomic E-state index is 11.8. The van der Waals surface area contributed by atoms with Gasteiger partial charge in [0.15, 0.2) is 0 Å². The van der Waals surface area contributed by atoms with Gasteiger partial charge in [-0.05, 0) is 19.4 Å². The van der Waals surface area contributed by atoms with Crippen molar-refractivity contribution < 1.29 is 14.3 Å². The number of hydrogen-bond donors (Lipinski definition) is 2. The number of ether oxygens (including phenoxy) is 1. The third kappa shape index (κ3) is 18.9. The highest BCUT2D eigenvalue weighted by Crippen LogP contribution is 2.13. The highest BCUT2D eigenvalue weighted by molar-refractivity contribution is 6.35. The molecule has 6 nitrogen and oxygen atoms in total. The molecular formula is C27H53N3O3. The lowest BCUT2D eigenvalue weighted by molar-refractivity contribution is -0.139. The Bertz CT molecular complexity index is 468. The highest BCUT2D eigenvalue weighted by Gasteiger charge is 2.13. The summed E-state index contributed by atoms with van der Waals surface area (Å²) in [5, 5.41) is 5.46. The van der Waals surface area contributed by atoms with Gasteiger partial charge in [0.2, 0.25) is 0 Å². The van der Waals surface area contributed by atoms with Crippen LogP contribution in [-0.2, 0) is 14.3 Å². The summed E-state index contributed by atoms with van der Waals surface area (Å²) in [6.07, 6.45) is 22.2. The van der Waals surface area contributed by atoms with E-state index < -0.39 is 11.8 Å². The van der Waals surface area contributed by atoms with Gasteiger partial charge in [0.25, 0.3) is 0 Å². The van der Waals surface area contributed by atoms with Crippen molar-refractivity contribution in [2.75, 3.05) is 45.9 Å². The molecule has 1 aliphatic heterocycles. The molecule has 0 unspecified atom stereocenters. The van der Waals surface area contributed by atoms with Crippen molar-refractivity contribution in [3.8, 4) is 0 Å². The summed E-state index contributed by atoms with van der Waals surface area (Å²) in [5.41, 5.74) is 0. The maximum absolute atomic E-state index is 11.8. The van der Waals surface area contributed by atoms with E-state index >= 15 is 0 Å². The monoisotopic (exact) mass is 467 g/mol. The molecule has 1 fully saturated rings. The average Bonchev–Trinajstić information content (AvgIpc) is 2.84. The van der Waals surface area contributed by atoms with Gasteiger partial charge in [0.05, 0.1) is 13.2 Å². The molecule has 1 saturated heterocycles. The molecule has 2 amide bonds. The zero-order valence-corrected chi connectivity index (χ0v) is 21.6. The fourth-order valence-corrected chi connectivity index (χ4v) is 4.36. The molecule has 2 N–H and O–H groups in total. The molecule has 33 heavy (non-hydrogen) atoms. The Hall–Kier alpha value is -1.14. The van der Waals surface area contributed by atoms with Crippen LogP contribution in [0.1, 0.15) is 116 Å². The molecule has 0 saturated carbocycles. The largest absolute Gasteiger partial charge is 0.379 e. The van der Waals surface area contributed by atoms with Crippen LogP contribution in [0.4, 0.5) is 0 Å². The molecule has 1 aliphatic rings. The first-order valence-corrected chi connectivity index (χ1v) is 14.1. The van der Waals surface area contributed by atoms with E-state index in [1.54, 1.807) is 0 Å². The Labute approximate surface area is 204 Å². The lowest BCUT2D eigenvalue weighted by Crippen LogP contribution is -2.42. The Morgan fingerprint density at radius 1 is 0.606 bits per heavy atom. The van der Waals surface area contributed by atoms with Gasteiger partial charge in [-0.15, -0.1) is 0 Å². The molecule has 0 aromatic heterocycles. The van der Waals surface area contributed by atoms with Crippen LogP contribution in [0, 0.1) is 0 Å². The van der Waals surface area contributed by atoms with E-state index in [1.165, 1.54) is 89.9 Å². The van der Waals surface area contributed by atoms with E-state index in [2.05, 4.69) is 22.5 Å². The topological polar surface area (TPSA) is 70.7 Å². The van der Waals surface area contributed by atoms with Crippen LogP contribution in [0.15, 0.2) is 0 Å². The van der Waals surface area contributed by atoms with Crippen LogP contribution in [0.5, 0.6) is 0 Å². The standard InChI is InChI=1S/C27H53N3O3/c1-2-3-4-5-6-7-8-9-10-11-12-13-14-15-16-17-19-28-26(31)27(32)29-20-18-21-30-22-24-33-25-23-30/h2-25H2,1H3,(H,28,31)(H,29,32). The van der Waals surface area contributed by atoms with Gasteiger partial charge in [-0.2, -0.15) is 0 Å². The number of nitrogens with one attached hydrogen (secondary N) is 2. The zero-order chi connectivity index (χ0) is 23.8. The quantitative estimate of drug-likeness (QED) is 0.180. The number of carbonyl (C=O) groups excluding carboxylic acids is 2. The number of amides is 2. The predicted octanol–water partition coefficient (Wildman–Crippen LogP) is 5.20. The summed E-state index contributed by atoms with van der Waals surface area (Å²) in [4.78, 5) is 26.0. The Morgan fingerprint density at radius 2 is 1.00 bits per heavy atom. The third-order valence-electron chi connectivity index (χ3n) is 6.56. The van der Waals surface area contributed by atoms with E-state index in [4.69, 9.17) is 4.74 Å². The molecule has 1 heterocycles. The summed E-state index contributed by atoms with van der Waals surface area (Å²) < 4.78 is 5.32. The lowest BCUT2D eigenvalue weighted by Gasteiger charge is -2.26. The number of rotatable bonds is 21. The minimum Gasteiger partial charge on any atom is -0.379 e. The number of morpholine rings is 1. The summed E-state index contributed by atoms with van der Waals surface area (Å²) in [6, 6.07) is 0. The molecule has 0 atom stereocenters. The first-order valence-electron chi connectivity index (χ1n) is 14.1. The van der Waals surface area contributed by atoms with Gasteiger partial charge in [0.1, 0.15) is 0 Å². The molecule has 0 aromatic rings. The first-order chi connectivity index (χ1) is 16.2. The number of hydrogen-bond acceptors (Lipinski definition) is 4. The fraction of sp³-hybridized carbons (Fsp3) is 0.926. The van der Waals surface area contributed by atoms with Crippen molar-refractivity contribution in [2.45, 2.75) is 116 Å². The van der Waals surface area contributed by atoms with Crippen molar-refractivity contribution >= 4 is 11.8 Å². The van der Waals surface area contributed by atoms with E-state index in [0.717, 1.165) is 52.1 Å². The van der Waals surface area contributed by atoms with Crippen LogP contribution in [0.25, 0.3) is 0 Å². The Balaban J connectivity index is 1.77. The highest BCUT2D eigenvalue weighted by atomic mass is 16.5. The van der Waals surface area contributed by atoms with Gasteiger partial charge >= 0.3 is 11.8 Å². The van der Waals surface area contributed by atoms with E-state index in [-0.39, 0.29) is 0 Å². The number of unbranched alkanes of at least 4 members (excludes halogenated alkanes) is 15. The van der Waals surface area contributed by atoms with Gasteiger partial charge < -0.3 is 15.4 Å². The van der Waals surface area contributed by atoms with Crippen molar-refractivity contribution in [2.24, 2.45) is 0 Å². The predicted molar refractivity (Wildman–Crippen MR) is 137 cm³/mol. The molecule has 0 aliphatic carbocycles. The molecule has 0 aromatic carbocycles. The van der Waals surface area contributed by atoms with E-state index in [1.807, 2.05) is 0 Å². The number of nitrogens with zero attached hydrogens (tertiary/aromatic N) is 1. The van der Waals surface area contributed by atoms with Gasteiger partial charge in [0, 0.05) is 26.2 Å². The smallest absolute Gasteiger partial charge is 0.309 e. The second-order valence-corrected chi connectivity index (χ2v) is 9.62. The van der Waals surface area contributed by atoms with Crippen LogP contribution in [0.3, 0.4) is 0 Å². The number of carbonyl (C=O) groups is 2. The summed E-state index contributed by atoms with van der Waals surface area (Å²) in [5.74, 6) is -1.00. The SMILES string of the molecule is CCCCCCCCCCCCCCCCCCNC(=O)C(=O)NCCCN1CCOCC1. The molecule has 0 spiro atoms. The minimum absolute atomic E-state index is 0.498. The lowest BCUT2D eigenvalue weighted by atomic mass is 10.0. The maximum Gasteiger partial charge on any atom is 0.309 e.